The first-order chi connectivity index (χ1) is 7.09. The monoisotopic (exact) mass is 350 g/mol. The number of hydrogen-bond donors (Lipinski definition) is 2. The Morgan fingerprint density at radius 3 is 1.47 bits per heavy atom. The predicted molar refractivity (Wildman–Crippen MR) is 62.2 cm³/mol. The number of rotatable bonds is 2. The molecule has 0 aliphatic rings. The fraction of sp³-hybridized carbons (Fsp3) is 0. The molecule has 0 saturated carbocycles. The molecule has 80 valence electrons. The van der Waals surface area contributed by atoms with Crippen LogP contribution in [0.5, 0.6) is 0 Å². The second kappa shape index (κ2) is 4.53. The third-order valence-electron chi connectivity index (χ3n) is 1.48. The second-order valence-corrected chi connectivity index (χ2v) is 6.03. The standard InChI is InChI=1S/C6H2Cl4N4Se/c7-3-1(4(8)12-11-3)15-2-5(9)13-14-6(2)10/h(H,11,12)(H,13,14). The van der Waals surface area contributed by atoms with Crippen LogP contribution in [0.4, 0.5) is 0 Å². The van der Waals surface area contributed by atoms with E-state index >= 15 is 0 Å². The Balaban J connectivity index is 2.37. The first-order valence-electron chi connectivity index (χ1n) is 3.56. The van der Waals surface area contributed by atoms with E-state index in [0.717, 1.165) is 0 Å². The maximum absolute atomic E-state index is 5.86. The number of H-pyrrole nitrogens is 2. The Morgan fingerprint density at radius 1 is 0.800 bits per heavy atom. The topological polar surface area (TPSA) is 57.4 Å². The van der Waals surface area contributed by atoms with Crippen LogP contribution < -0.4 is 8.92 Å². The number of aromatic nitrogens is 4. The van der Waals surface area contributed by atoms with Crippen molar-refractivity contribution in [3.63, 3.8) is 0 Å². The third kappa shape index (κ3) is 2.28. The van der Waals surface area contributed by atoms with Gasteiger partial charge in [-0.1, -0.05) is 0 Å². The summed E-state index contributed by atoms with van der Waals surface area (Å²) in [5.74, 6) is 0. The van der Waals surface area contributed by atoms with E-state index in [2.05, 4.69) is 20.4 Å². The van der Waals surface area contributed by atoms with Crippen LogP contribution in [0.2, 0.25) is 20.6 Å². The van der Waals surface area contributed by atoms with Gasteiger partial charge in [0.05, 0.1) is 0 Å². The third-order valence-corrected chi connectivity index (χ3v) is 6.12. The van der Waals surface area contributed by atoms with Gasteiger partial charge >= 0.3 is 111 Å². The number of nitrogens with zero attached hydrogens (tertiary/aromatic N) is 2. The van der Waals surface area contributed by atoms with E-state index in [4.69, 9.17) is 46.4 Å². The van der Waals surface area contributed by atoms with Gasteiger partial charge in [-0.2, -0.15) is 0 Å². The molecule has 2 heterocycles. The zero-order valence-corrected chi connectivity index (χ0v) is 11.6. The number of hydrogen-bond acceptors (Lipinski definition) is 2. The van der Waals surface area contributed by atoms with Crippen molar-refractivity contribution in [3.05, 3.63) is 20.6 Å². The van der Waals surface area contributed by atoms with Gasteiger partial charge in [-0.05, 0) is 0 Å². The molecule has 2 aromatic rings. The summed E-state index contributed by atoms with van der Waals surface area (Å²) in [4.78, 5) is 0. The molecule has 0 amide bonds. The molecule has 9 heteroatoms. The minimum absolute atomic E-state index is 0.234. The zero-order chi connectivity index (χ0) is 11.0. The van der Waals surface area contributed by atoms with Crippen molar-refractivity contribution in [2.24, 2.45) is 0 Å². The fourth-order valence-electron chi connectivity index (χ4n) is 0.856. The van der Waals surface area contributed by atoms with Crippen LogP contribution in [0, 0.1) is 0 Å². The molecule has 2 aromatic heterocycles. The molecule has 0 aliphatic heterocycles. The molecular weight excluding hydrogens is 349 g/mol. The van der Waals surface area contributed by atoms with Crippen molar-refractivity contribution >= 4 is 70.3 Å². The molecular formula is C6H2Cl4N4Se. The van der Waals surface area contributed by atoms with E-state index in [0.29, 0.717) is 29.5 Å². The Bertz CT molecular complexity index is 410. The predicted octanol–water partition coefficient (Wildman–Crippen LogP) is 1.40. The molecule has 0 bridgehead atoms. The molecule has 0 fully saturated rings. The Labute approximate surface area is 111 Å². The van der Waals surface area contributed by atoms with Crippen molar-refractivity contribution in [1.29, 1.82) is 0 Å². The van der Waals surface area contributed by atoms with E-state index in [9.17, 15) is 0 Å². The van der Waals surface area contributed by atoms with Crippen LogP contribution in [0.1, 0.15) is 0 Å². The summed E-state index contributed by atoms with van der Waals surface area (Å²) in [6.45, 7) is 0. The summed E-state index contributed by atoms with van der Waals surface area (Å²) in [5, 5.41) is 14.1. The summed E-state index contributed by atoms with van der Waals surface area (Å²) in [6, 6.07) is 0. The van der Waals surface area contributed by atoms with Gasteiger partial charge in [-0.15, -0.1) is 0 Å². The average molecular weight is 351 g/mol. The maximum atomic E-state index is 5.86. The molecule has 0 saturated heterocycles. The number of halogens is 4. The second-order valence-electron chi connectivity index (χ2n) is 2.42. The number of aromatic amines is 2. The van der Waals surface area contributed by atoms with Crippen molar-refractivity contribution < 1.29 is 0 Å². The van der Waals surface area contributed by atoms with Gasteiger partial charge in [0.1, 0.15) is 0 Å². The summed E-state index contributed by atoms with van der Waals surface area (Å²) < 4.78 is 1.41. The first kappa shape index (κ1) is 11.6. The molecule has 0 spiro atoms. The van der Waals surface area contributed by atoms with Gasteiger partial charge in [0.2, 0.25) is 0 Å². The van der Waals surface area contributed by atoms with Crippen LogP contribution >= 0.6 is 46.4 Å². The number of nitrogens with one attached hydrogen (secondary N) is 2. The summed E-state index contributed by atoms with van der Waals surface area (Å²) >= 11 is 23.2. The molecule has 15 heavy (non-hydrogen) atoms. The Kier molecular flexibility index (Phi) is 3.50. The minimum atomic E-state index is -0.234. The van der Waals surface area contributed by atoms with Gasteiger partial charge in [0, 0.05) is 0 Å². The molecule has 0 aromatic carbocycles. The summed E-state index contributed by atoms with van der Waals surface area (Å²) in [7, 11) is 0. The van der Waals surface area contributed by atoms with E-state index in [1.165, 1.54) is 0 Å². The van der Waals surface area contributed by atoms with Crippen LogP contribution in [0.15, 0.2) is 0 Å². The first-order valence-corrected chi connectivity index (χ1v) is 6.78. The van der Waals surface area contributed by atoms with E-state index < -0.39 is 0 Å². The molecule has 4 nitrogen and oxygen atoms in total. The van der Waals surface area contributed by atoms with Crippen LogP contribution in [0.3, 0.4) is 0 Å². The van der Waals surface area contributed by atoms with E-state index in [1.807, 2.05) is 0 Å². The van der Waals surface area contributed by atoms with Gasteiger partial charge < -0.3 is 0 Å². The van der Waals surface area contributed by atoms with Crippen molar-refractivity contribution in [1.82, 2.24) is 20.4 Å². The molecule has 0 atom stereocenters. The van der Waals surface area contributed by atoms with E-state index in [1.54, 1.807) is 0 Å². The normalized spacial score (nSPS) is 10.9. The van der Waals surface area contributed by atoms with Crippen LogP contribution in [-0.4, -0.2) is 35.4 Å². The summed E-state index contributed by atoms with van der Waals surface area (Å²) in [5.41, 5.74) is 0. The van der Waals surface area contributed by atoms with Crippen molar-refractivity contribution in [3.8, 4) is 0 Å². The van der Waals surface area contributed by atoms with Crippen LogP contribution in [0.25, 0.3) is 0 Å². The van der Waals surface area contributed by atoms with Crippen molar-refractivity contribution in [2.45, 2.75) is 0 Å². The van der Waals surface area contributed by atoms with Gasteiger partial charge in [-0.3, -0.25) is 0 Å². The zero-order valence-electron chi connectivity index (χ0n) is 6.81. The van der Waals surface area contributed by atoms with Gasteiger partial charge in [-0.25, -0.2) is 0 Å². The van der Waals surface area contributed by atoms with E-state index in [-0.39, 0.29) is 15.0 Å². The molecule has 2 rings (SSSR count). The van der Waals surface area contributed by atoms with Gasteiger partial charge in [0.25, 0.3) is 0 Å². The van der Waals surface area contributed by atoms with Crippen molar-refractivity contribution in [2.75, 3.05) is 0 Å². The molecule has 0 aliphatic carbocycles. The fourth-order valence-corrected chi connectivity index (χ4v) is 3.83. The summed E-state index contributed by atoms with van der Waals surface area (Å²) in [6.07, 6.45) is 0. The van der Waals surface area contributed by atoms with Crippen LogP contribution in [-0.2, 0) is 0 Å². The Morgan fingerprint density at radius 2 is 1.20 bits per heavy atom. The SMILES string of the molecule is Clc1n[nH]c(Cl)c1[Se]c1c(Cl)n[nH]c1Cl. The molecule has 2 N–H and O–H groups in total. The Hall–Kier alpha value is 0.0995. The average Bonchev–Trinajstić information content (AvgIpc) is 2.67. The molecule has 0 radical (unpaired) electrons. The quantitative estimate of drug-likeness (QED) is 0.804. The van der Waals surface area contributed by atoms with Gasteiger partial charge in [0.15, 0.2) is 0 Å². The molecule has 0 unspecified atom stereocenters.